The molecule has 0 heteroatoms. The molecule has 0 nitrogen and oxygen atoms in total. The molecule has 0 spiro atoms. The van der Waals surface area contributed by atoms with Gasteiger partial charge in [0, 0.05) is 10.8 Å². The lowest BCUT2D eigenvalue weighted by molar-refractivity contribution is 0.184. The van der Waals surface area contributed by atoms with Gasteiger partial charge in [0.1, 0.15) is 0 Å². The van der Waals surface area contributed by atoms with Crippen LogP contribution in [0.2, 0.25) is 0 Å². The molecule has 0 bridgehead atoms. The zero-order chi connectivity index (χ0) is 15.9. The van der Waals surface area contributed by atoms with Crippen LogP contribution in [0.15, 0.2) is 73.8 Å². The molecular weight excluding hydrogens is 276 g/mol. The van der Waals surface area contributed by atoms with Crippen molar-refractivity contribution >= 4 is 0 Å². The summed E-state index contributed by atoms with van der Waals surface area (Å²) in [6.07, 6.45) is 10.0. The lowest BCUT2D eigenvalue weighted by atomic mass is 9.57. The van der Waals surface area contributed by atoms with E-state index in [9.17, 15) is 0 Å². The molecule has 23 heavy (non-hydrogen) atoms. The van der Waals surface area contributed by atoms with E-state index in [4.69, 9.17) is 0 Å². The first kappa shape index (κ1) is 14.5. The quantitative estimate of drug-likeness (QED) is 0.662. The lowest BCUT2D eigenvalue weighted by Crippen LogP contribution is -2.43. The van der Waals surface area contributed by atoms with E-state index < -0.39 is 0 Å². The Balaban J connectivity index is 1.89. The third-order valence-electron chi connectivity index (χ3n) is 6.32. The number of allylic oxidation sites excluding steroid dienone is 2. The Morgan fingerprint density at radius 1 is 0.870 bits per heavy atom. The number of benzene rings is 2. The smallest absolute Gasteiger partial charge is 0.00903 e. The second-order valence-corrected chi connectivity index (χ2v) is 7.21. The standard InChI is InChI=1S/C23H24/c1-3-14-23(15-13-18-9-7-8-12-21(18)23)22(4-2)16-19-10-5-6-11-20(19)17-22/h3-12H,1-2,13-17H2. The number of hydrogen-bond donors (Lipinski definition) is 0. The molecule has 4 rings (SSSR count). The minimum absolute atomic E-state index is 0.109. The molecule has 0 fully saturated rings. The Hall–Kier alpha value is -2.08. The summed E-state index contributed by atoms with van der Waals surface area (Å²) in [6, 6.07) is 17.9. The minimum atomic E-state index is 0.109. The third kappa shape index (κ3) is 1.91. The van der Waals surface area contributed by atoms with E-state index in [1.807, 2.05) is 0 Å². The Bertz CT molecular complexity index is 742. The summed E-state index contributed by atoms with van der Waals surface area (Å²) < 4.78 is 0. The Morgan fingerprint density at radius 2 is 1.48 bits per heavy atom. The summed E-state index contributed by atoms with van der Waals surface area (Å²) in [4.78, 5) is 0. The molecule has 2 aromatic rings. The average Bonchev–Trinajstić information content (AvgIpc) is 3.16. The van der Waals surface area contributed by atoms with Gasteiger partial charge >= 0.3 is 0 Å². The van der Waals surface area contributed by atoms with Crippen LogP contribution in [0.1, 0.15) is 35.1 Å². The second-order valence-electron chi connectivity index (χ2n) is 7.21. The van der Waals surface area contributed by atoms with Gasteiger partial charge in [-0.3, -0.25) is 0 Å². The maximum absolute atomic E-state index is 4.31. The van der Waals surface area contributed by atoms with Crippen LogP contribution in [-0.4, -0.2) is 0 Å². The Labute approximate surface area is 139 Å². The molecule has 0 radical (unpaired) electrons. The number of hydrogen-bond acceptors (Lipinski definition) is 0. The zero-order valence-electron chi connectivity index (χ0n) is 13.7. The van der Waals surface area contributed by atoms with E-state index in [1.165, 1.54) is 35.1 Å². The van der Waals surface area contributed by atoms with Crippen LogP contribution in [0.5, 0.6) is 0 Å². The maximum Gasteiger partial charge on any atom is 0.00903 e. The molecule has 0 aliphatic heterocycles. The van der Waals surface area contributed by atoms with Gasteiger partial charge in [-0.15, -0.1) is 13.2 Å². The fourth-order valence-electron chi connectivity index (χ4n) is 5.19. The molecule has 0 amide bonds. The van der Waals surface area contributed by atoms with Crippen LogP contribution in [-0.2, 0) is 24.7 Å². The molecule has 2 aromatic carbocycles. The second kappa shape index (κ2) is 5.23. The van der Waals surface area contributed by atoms with Crippen LogP contribution in [0.3, 0.4) is 0 Å². The summed E-state index contributed by atoms with van der Waals surface area (Å²) in [5.74, 6) is 0. The monoisotopic (exact) mass is 300 g/mol. The van der Waals surface area contributed by atoms with Crippen LogP contribution in [0.25, 0.3) is 0 Å². The van der Waals surface area contributed by atoms with Crippen molar-refractivity contribution in [3.63, 3.8) is 0 Å². The van der Waals surface area contributed by atoms with Gasteiger partial charge in [0.15, 0.2) is 0 Å². The van der Waals surface area contributed by atoms with Gasteiger partial charge in [0.05, 0.1) is 0 Å². The van der Waals surface area contributed by atoms with Crippen LogP contribution in [0, 0.1) is 5.41 Å². The van der Waals surface area contributed by atoms with Crippen molar-refractivity contribution in [1.29, 1.82) is 0 Å². The molecule has 0 saturated heterocycles. The van der Waals surface area contributed by atoms with Gasteiger partial charge in [0.25, 0.3) is 0 Å². The predicted octanol–water partition coefficient (Wildman–Crippen LogP) is 5.42. The molecule has 0 N–H and O–H groups in total. The largest absolute Gasteiger partial charge is 0.103 e. The van der Waals surface area contributed by atoms with Gasteiger partial charge in [0.2, 0.25) is 0 Å². The van der Waals surface area contributed by atoms with E-state index in [0.29, 0.717) is 0 Å². The van der Waals surface area contributed by atoms with Crippen molar-refractivity contribution in [2.24, 2.45) is 5.41 Å². The lowest BCUT2D eigenvalue weighted by Gasteiger charge is -2.46. The molecule has 0 heterocycles. The molecule has 1 unspecified atom stereocenters. The van der Waals surface area contributed by atoms with Crippen LogP contribution < -0.4 is 0 Å². The molecule has 2 aliphatic carbocycles. The van der Waals surface area contributed by atoms with Gasteiger partial charge < -0.3 is 0 Å². The summed E-state index contributed by atoms with van der Waals surface area (Å²) in [7, 11) is 0. The summed E-state index contributed by atoms with van der Waals surface area (Å²) in [6.45, 7) is 8.40. The average molecular weight is 300 g/mol. The van der Waals surface area contributed by atoms with Gasteiger partial charge in [-0.25, -0.2) is 0 Å². The Morgan fingerprint density at radius 3 is 2.09 bits per heavy atom. The number of rotatable bonds is 4. The van der Waals surface area contributed by atoms with Crippen LogP contribution >= 0.6 is 0 Å². The summed E-state index contributed by atoms with van der Waals surface area (Å²) in [5.41, 5.74) is 6.31. The van der Waals surface area contributed by atoms with E-state index in [-0.39, 0.29) is 10.8 Å². The molecule has 116 valence electrons. The topological polar surface area (TPSA) is 0 Å². The zero-order valence-corrected chi connectivity index (χ0v) is 13.7. The normalized spacial score (nSPS) is 24.0. The first-order valence-corrected chi connectivity index (χ1v) is 8.64. The first-order chi connectivity index (χ1) is 11.2. The fraction of sp³-hybridized carbons (Fsp3) is 0.304. The molecule has 1 atom stereocenters. The van der Waals surface area contributed by atoms with Crippen LogP contribution in [0.4, 0.5) is 0 Å². The minimum Gasteiger partial charge on any atom is -0.103 e. The highest BCUT2D eigenvalue weighted by Gasteiger charge is 2.54. The van der Waals surface area contributed by atoms with Gasteiger partial charge in [-0.1, -0.05) is 60.7 Å². The highest BCUT2D eigenvalue weighted by Crippen LogP contribution is 2.59. The van der Waals surface area contributed by atoms with Gasteiger partial charge in [-0.05, 0) is 54.4 Å². The Kier molecular flexibility index (Phi) is 3.30. The highest BCUT2D eigenvalue weighted by atomic mass is 14.6. The fourth-order valence-corrected chi connectivity index (χ4v) is 5.19. The van der Waals surface area contributed by atoms with Crippen molar-refractivity contribution in [2.45, 2.75) is 37.5 Å². The molecular formula is C23H24. The number of fused-ring (bicyclic) bond motifs is 2. The van der Waals surface area contributed by atoms with E-state index in [0.717, 1.165) is 19.3 Å². The molecule has 0 saturated carbocycles. The van der Waals surface area contributed by atoms with Crippen molar-refractivity contribution in [3.8, 4) is 0 Å². The third-order valence-corrected chi connectivity index (χ3v) is 6.32. The summed E-state index contributed by atoms with van der Waals surface area (Å²) in [5, 5.41) is 0. The highest BCUT2D eigenvalue weighted by molar-refractivity contribution is 5.48. The van der Waals surface area contributed by atoms with Crippen molar-refractivity contribution < 1.29 is 0 Å². The van der Waals surface area contributed by atoms with Crippen molar-refractivity contribution in [2.75, 3.05) is 0 Å². The molecule has 2 aliphatic rings. The predicted molar refractivity (Wildman–Crippen MR) is 97.7 cm³/mol. The first-order valence-electron chi connectivity index (χ1n) is 8.64. The maximum atomic E-state index is 4.31. The van der Waals surface area contributed by atoms with Crippen molar-refractivity contribution in [3.05, 3.63) is 96.1 Å². The number of aryl methyl sites for hydroxylation is 1. The van der Waals surface area contributed by atoms with Crippen molar-refractivity contribution in [1.82, 2.24) is 0 Å². The van der Waals surface area contributed by atoms with Gasteiger partial charge in [-0.2, -0.15) is 0 Å². The SMILES string of the molecule is C=CCC1(C2(C=C)Cc3ccccc3C2)CCc2ccccc21. The molecule has 0 aromatic heterocycles. The van der Waals surface area contributed by atoms with E-state index in [2.05, 4.69) is 73.8 Å². The van der Waals surface area contributed by atoms with E-state index >= 15 is 0 Å². The van der Waals surface area contributed by atoms with E-state index in [1.54, 1.807) is 0 Å². The summed E-state index contributed by atoms with van der Waals surface area (Å²) >= 11 is 0.